The molecule has 2 aromatic rings. The van der Waals surface area contributed by atoms with Gasteiger partial charge in [0.15, 0.2) is 0 Å². The molecule has 1 N–H and O–H groups in total. The number of anilines is 1. The second kappa shape index (κ2) is 4.92. The lowest BCUT2D eigenvalue weighted by Crippen LogP contribution is -2.10. The predicted molar refractivity (Wildman–Crippen MR) is 78.4 cm³/mol. The Hall–Kier alpha value is -2.03. The van der Waals surface area contributed by atoms with Gasteiger partial charge >= 0.3 is 0 Å². The molecule has 98 valence electrons. The third kappa shape index (κ3) is 2.55. The summed E-state index contributed by atoms with van der Waals surface area (Å²) in [4.78, 5) is 4.54. The Bertz CT molecular complexity index is 571. The van der Waals surface area contributed by atoms with Gasteiger partial charge in [0, 0.05) is 24.7 Å². The first-order chi connectivity index (χ1) is 9.28. The molecule has 2 unspecified atom stereocenters. The highest BCUT2D eigenvalue weighted by molar-refractivity contribution is 5.38. The molecule has 3 nitrogen and oxygen atoms in total. The maximum atomic E-state index is 4.54. The van der Waals surface area contributed by atoms with Gasteiger partial charge in [0.2, 0.25) is 5.95 Å². The van der Waals surface area contributed by atoms with Crippen LogP contribution in [0, 0.1) is 6.92 Å². The summed E-state index contributed by atoms with van der Waals surface area (Å²) in [5, 5.41) is 3.54. The van der Waals surface area contributed by atoms with Crippen LogP contribution in [-0.4, -0.2) is 15.6 Å². The van der Waals surface area contributed by atoms with Crippen molar-refractivity contribution < 1.29 is 0 Å². The van der Waals surface area contributed by atoms with Gasteiger partial charge in [-0.05, 0) is 18.9 Å². The Kier molecular flexibility index (Phi) is 3.11. The fourth-order valence-electron chi connectivity index (χ4n) is 2.53. The van der Waals surface area contributed by atoms with Gasteiger partial charge in [-0.1, -0.05) is 36.4 Å². The lowest BCUT2D eigenvalue weighted by molar-refractivity contribution is 0.816. The van der Waals surface area contributed by atoms with Crippen LogP contribution in [0.25, 0.3) is 0 Å². The molecule has 3 rings (SSSR count). The first-order valence-electron chi connectivity index (χ1n) is 6.74. The molecule has 1 aromatic carbocycles. The molecular weight excluding hydrogens is 234 g/mol. The lowest BCUT2D eigenvalue weighted by Gasteiger charge is -2.07. The minimum absolute atomic E-state index is 0.507. The average molecular weight is 253 g/mol. The van der Waals surface area contributed by atoms with Gasteiger partial charge in [-0.25, -0.2) is 4.98 Å². The molecule has 1 saturated carbocycles. The van der Waals surface area contributed by atoms with Gasteiger partial charge in [0.05, 0.1) is 5.69 Å². The zero-order chi connectivity index (χ0) is 13.2. The van der Waals surface area contributed by atoms with E-state index in [9.17, 15) is 0 Å². The van der Waals surface area contributed by atoms with Gasteiger partial charge in [-0.15, -0.1) is 6.58 Å². The van der Waals surface area contributed by atoms with Gasteiger partial charge in [0.25, 0.3) is 0 Å². The minimum Gasteiger partial charge on any atom is -0.352 e. The molecule has 19 heavy (non-hydrogen) atoms. The highest BCUT2D eigenvalue weighted by Crippen LogP contribution is 2.42. The van der Waals surface area contributed by atoms with Gasteiger partial charge in [-0.3, -0.25) is 0 Å². The Morgan fingerprint density at radius 1 is 1.42 bits per heavy atom. The number of aromatic nitrogens is 2. The molecule has 1 heterocycles. The van der Waals surface area contributed by atoms with Gasteiger partial charge in [0.1, 0.15) is 0 Å². The fourth-order valence-corrected chi connectivity index (χ4v) is 2.53. The van der Waals surface area contributed by atoms with Crippen molar-refractivity contribution >= 4 is 5.95 Å². The summed E-state index contributed by atoms with van der Waals surface area (Å²) >= 11 is 0. The van der Waals surface area contributed by atoms with Crippen molar-refractivity contribution in [3.8, 4) is 0 Å². The number of nitrogens with one attached hydrogen (secondary N) is 1. The summed E-state index contributed by atoms with van der Waals surface area (Å²) in [5.41, 5.74) is 2.46. The molecule has 1 aliphatic carbocycles. The van der Waals surface area contributed by atoms with Crippen LogP contribution in [0.15, 0.2) is 49.2 Å². The van der Waals surface area contributed by atoms with E-state index >= 15 is 0 Å². The number of imidazole rings is 1. The quantitative estimate of drug-likeness (QED) is 0.828. The van der Waals surface area contributed by atoms with E-state index in [0.717, 1.165) is 18.2 Å². The maximum absolute atomic E-state index is 4.54. The van der Waals surface area contributed by atoms with E-state index in [1.165, 1.54) is 12.0 Å². The highest BCUT2D eigenvalue weighted by atomic mass is 15.2. The molecule has 3 heteroatoms. The molecule has 0 amide bonds. The number of rotatable bonds is 5. The van der Waals surface area contributed by atoms with E-state index < -0.39 is 0 Å². The SMILES string of the molecule is C=CCn1cc(C)nc1NC1CC1c1ccccc1. The fraction of sp³-hybridized carbons (Fsp3) is 0.312. The third-order valence-corrected chi connectivity index (χ3v) is 3.56. The van der Waals surface area contributed by atoms with Crippen LogP contribution in [-0.2, 0) is 6.54 Å². The zero-order valence-electron chi connectivity index (χ0n) is 11.2. The molecular formula is C16H19N3. The summed E-state index contributed by atoms with van der Waals surface area (Å²) in [6.45, 7) is 6.60. The first-order valence-corrected chi connectivity index (χ1v) is 6.74. The Balaban J connectivity index is 1.69. The summed E-state index contributed by atoms with van der Waals surface area (Å²) in [6.07, 6.45) is 5.14. The monoisotopic (exact) mass is 253 g/mol. The molecule has 0 bridgehead atoms. The summed E-state index contributed by atoms with van der Waals surface area (Å²) < 4.78 is 2.11. The van der Waals surface area contributed by atoms with Crippen molar-refractivity contribution in [1.82, 2.24) is 9.55 Å². The summed E-state index contributed by atoms with van der Waals surface area (Å²) in [6, 6.07) is 11.2. The molecule has 1 aliphatic rings. The van der Waals surface area contributed by atoms with Crippen molar-refractivity contribution in [1.29, 1.82) is 0 Å². The second-order valence-electron chi connectivity index (χ2n) is 5.15. The topological polar surface area (TPSA) is 29.9 Å². The number of hydrogen-bond donors (Lipinski definition) is 1. The van der Waals surface area contributed by atoms with Crippen LogP contribution < -0.4 is 5.32 Å². The Labute approximate surface area is 114 Å². The molecule has 0 radical (unpaired) electrons. The molecule has 1 aromatic heterocycles. The van der Waals surface area contributed by atoms with Crippen molar-refractivity contribution in [2.75, 3.05) is 5.32 Å². The lowest BCUT2D eigenvalue weighted by atomic mass is 10.1. The van der Waals surface area contributed by atoms with Crippen molar-refractivity contribution in [2.24, 2.45) is 0 Å². The molecule has 1 fully saturated rings. The van der Waals surface area contributed by atoms with E-state index in [4.69, 9.17) is 0 Å². The van der Waals surface area contributed by atoms with E-state index in [-0.39, 0.29) is 0 Å². The second-order valence-corrected chi connectivity index (χ2v) is 5.15. The third-order valence-electron chi connectivity index (χ3n) is 3.56. The van der Waals surface area contributed by atoms with Crippen molar-refractivity contribution in [3.63, 3.8) is 0 Å². The normalized spacial score (nSPS) is 21.1. The van der Waals surface area contributed by atoms with Gasteiger partial charge in [-0.2, -0.15) is 0 Å². The van der Waals surface area contributed by atoms with Gasteiger partial charge < -0.3 is 9.88 Å². The number of nitrogens with zero attached hydrogens (tertiary/aromatic N) is 2. The first kappa shape index (κ1) is 12.0. The van der Waals surface area contributed by atoms with Crippen LogP contribution in [0.5, 0.6) is 0 Å². The number of benzene rings is 1. The van der Waals surface area contributed by atoms with E-state index in [2.05, 4.69) is 58.0 Å². The van der Waals surface area contributed by atoms with Crippen LogP contribution in [0.3, 0.4) is 0 Å². The molecule has 2 atom stereocenters. The van der Waals surface area contributed by atoms with E-state index in [1.807, 2.05) is 13.0 Å². The largest absolute Gasteiger partial charge is 0.352 e. The zero-order valence-corrected chi connectivity index (χ0v) is 11.2. The molecule has 0 saturated heterocycles. The highest BCUT2D eigenvalue weighted by Gasteiger charge is 2.38. The van der Waals surface area contributed by atoms with Crippen LogP contribution >= 0.6 is 0 Å². The average Bonchev–Trinajstić information content (AvgIpc) is 3.09. The van der Waals surface area contributed by atoms with Crippen LogP contribution in [0.4, 0.5) is 5.95 Å². The smallest absolute Gasteiger partial charge is 0.203 e. The Morgan fingerprint density at radius 2 is 2.21 bits per heavy atom. The number of hydrogen-bond acceptors (Lipinski definition) is 2. The molecule has 0 spiro atoms. The standard InChI is InChI=1S/C16H19N3/c1-3-9-19-11-12(2)17-16(19)18-15-10-14(15)13-7-5-4-6-8-13/h3-8,11,14-15H,1,9-10H2,2H3,(H,17,18). The molecule has 0 aliphatic heterocycles. The van der Waals surface area contributed by atoms with E-state index in [0.29, 0.717) is 12.0 Å². The Morgan fingerprint density at radius 3 is 2.95 bits per heavy atom. The van der Waals surface area contributed by atoms with Crippen molar-refractivity contribution in [3.05, 3.63) is 60.4 Å². The minimum atomic E-state index is 0.507. The van der Waals surface area contributed by atoms with Crippen LogP contribution in [0.1, 0.15) is 23.6 Å². The van der Waals surface area contributed by atoms with Crippen LogP contribution in [0.2, 0.25) is 0 Å². The maximum Gasteiger partial charge on any atom is 0.203 e. The number of allylic oxidation sites excluding steroid dienone is 1. The van der Waals surface area contributed by atoms with Crippen molar-refractivity contribution in [2.45, 2.75) is 31.8 Å². The summed E-state index contributed by atoms with van der Waals surface area (Å²) in [7, 11) is 0. The predicted octanol–water partition coefficient (Wildman–Crippen LogP) is 3.35. The number of aryl methyl sites for hydroxylation is 1. The summed E-state index contributed by atoms with van der Waals surface area (Å²) in [5.74, 6) is 1.58. The van der Waals surface area contributed by atoms with E-state index in [1.54, 1.807) is 0 Å².